The first kappa shape index (κ1) is 15.7. The average Bonchev–Trinajstić information content (AvgIpc) is 2.30. The molecule has 3 N–H and O–H groups in total. The number of carboxylic acids is 1. The van der Waals surface area contributed by atoms with Crippen molar-refractivity contribution in [1.82, 2.24) is 10.6 Å². The van der Waals surface area contributed by atoms with Crippen molar-refractivity contribution in [3.05, 3.63) is 0 Å². The Bertz CT molecular complexity index is 240. The van der Waals surface area contributed by atoms with Gasteiger partial charge in [-0.25, -0.2) is 4.79 Å². The fourth-order valence-corrected chi connectivity index (χ4v) is 1.50. The largest absolute Gasteiger partial charge is 0.481 e. The second kappa shape index (κ2) is 8.84. The molecule has 0 bridgehead atoms. The molecule has 0 saturated carbocycles. The summed E-state index contributed by atoms with van der Waals surface area (Å²) in [5.41, 5.74) is 0. The lowest BCUT2D eigenvalue weighted by Gasteiger charge is -2.15. The highest BCUT2D eigenvalue weighted by Crippen LogP contribution is 2.05. The fraction of sp³-hybridized carbons (Fsp3) is 0.833. The predicted molar refractivity (Wildman–Crippen MR) is 66.9 cm³/mol. The number of carbonyl (C=O) groups is 2. The molecule has 0 radical (unpaired) electrons. The van der Waals surface area contributed by atoms with Crippen LogP contribution in [0.2, 0.25) is 0 Å². The van der Waals surface area contributed by atoms with Gasteiger partial charge in [-0.15, -0.1) is 0 Å². The zero-order valence-corrected chi connectivity index (χ0v) is 11.0. The van der Waals surface area contributed by atoms with E-state index in [9.17, 15) is 9.59 Å². The van der Waals surface area contributed by atoms with Crippen LogP contribution in [0.4, 0.5) is 4.79 Å². The van der Waals surface area contributed by atoms with Crippen molar-refractivity contribution in [3.8, 4) is 0 Å². The Morgan fingerprint density at radius 2 is 1.53 bits per heavy atom. The van der Waals surface area contributed by atoms with Crippen LogP contribution < -0.4 is 10.6 Å². The molecule has 1 unspecified atom stereocenters. The van der Waals surface area contributed by atoms with E-state index in [1.54, 1.807) is 6.92 Å². The third-order valence-electron chi connectivity index (χ3n) is 3.06. The van der Waals surface area contributed by atoms with E-state index in [0.717, 1.165) is 12.8 Å². The normalized spacial score (nSPS) is 12.2. The molecule has 0 aromatic carbocycles. The van der Waals surface area contributed by atoms with Gasteiger partial charge in [-0.1, -0.05) is 33.6 Å². The van der Waals surface area contributed by atoms with Gasteiger partial charge in [-0.2, -0.15) is 0 Å². The second-order valence-electron chi connectivity index (χ2n) is 4.22. The van der Waals surface area contributed by atoms with Crippen LogP contribution in [-0.4, -0.2) is 30.2 Å². The monoisotopic (exact) mass is 244 g/mol. The summed E-state index contributed by atoms with van der Waals surface area (Å²) < 4.78 is 0. The summed E-state index contributed by atoms with van der Waals surface area (Å²) >= 11 is 0. The van der Waals surface area contributed by atoms with Gasteiger partial charge in [0.25, 0.3) is 0 Å². The first-order valence-corrected chi connectivity index (χ1v) is 6.29. The quantitative estimate of drug-likeness (QED) is 0.609. The molecule has 5 nitrogen and oxygen atoms in total. The molecule has 0 aromatic rings. The Balaban J connectivity index is 3.82. The lowest BCUT2D eigenvalue weighted by molar-refractivity contribution is -0.141. The molecule has 0 aliphatic rings. The number of hydrogen-bond acceptors (Lipinski definition) is 2. The number of urea groups is 1. The minimum absolute atomic E-state index is 0.181. The van der Waals surface area contributed by atoms with Crippen molar-refractivity contribution in [2.24, 2.45) is 11.8 Å². The number of aliphatic carboxylic acids is 1. The van der Waals surface area contributed by atoms with Crippen LogP contribution in [0.5, 0.6) is 0 Å². The molecular formula is C12H24N2O3. The van der Waals surface area contributed by atoms with E-state index in [4.69, 9.17) is 5.11 Å². The lowest BCUT2D eigenvalue weighted by Crippen LogP contribution is -2.41. The molecular weight excluding hydrogens is 220 g/mol. The van der Waals surface area contributed by atoms with Crippen molar-refractivity contribution in [3.63, 3.8) is 0 Å². The molecule has 2 amide bonds. The average molecular weight is 244 g/mol. The van der Waals surface area contributed by atoms with E-state index < -0.39 is 11.9 Å². The van der Waals surface area contributed by atoms with E-state index in [2.05, 4.69) is 24.5 Å². The van der Waals surface area contributed by atoms with Crippen LogP contribution in [0, 0.1) is 11.8 Å². The number of hydrogen-bond donors (Lipinski definition) is 3. The van der Waals surface area contributed by atoms with Crippen LogP contribution in [0.15, 0.2) is 0 Å². The Hall–Kier alpha value is -1.26. The summed E-state index contributed by atoms with van der Waals surface area (Å²) in [5.74, 6) is -0.885. The summed E-state index contributed by atoms with van der Waals surface area (Å²) in [7, 11) is 0. The Kier molecular flexibility index (Phi) is 8.19. The van der Waals surface area contributed by atoms with Crippen molar-refractivity contribution in [2.75, 3.05) is 13.1 Å². The van der Waals surface area contributed by atoms with Crippen LogP contribution in [0.1, 0.15) is 40.0 Å². The summed E-state index contributed by atoms with van der Waals surface area (Å²) in [6.07, 6.45) is 2.58. The number of carboxylic acid groups (broad SMARTS) is 1. The third-order valence-corrected chi connectivity index (χ3v) is 3.06. The molecule has 0 aliphatic carbocycles. The van der Waals surface area contributed by atoms with E-state index in [1.807, 2.05) is 0 Å². The number of carbonyl (C=O) groups excluding carboxylic acids is 1. The van der Waals surface area contributed by atoms with E-state index in [1.165, 1.54) is 0 Å². The van der Waals surface area contributed by atoms with Gasteiger partial charge in [0, 0.05) is 13.1 Å². The van der Waals surface area contributed by atoms with Gasteiger partial charge >= 0.3 is 12.0 Å². The third kappa shape index (κ3) is 6.81. The highest BCUT2D eigenvalue weighted by Gasteiger charge is 2.15. The summed E-state index contributed by atoms with van der Waals surface area (Å²) in [4.78, 5) is 22.1. The van der Waals surface area contributed by atoms with E-state index in [0.29, 0.717) is 18.9 Å². The highest BCUT2D eigenvalue weighted by atomic mass is 16.4. The first-order valence-electron chi connectivity index (χ1n) is 6.29. The van der Waals surface area contributed by atoms with E-state index >= 15 is 0 Å². The maximum Gasteiger partial charge on any atom is 0.314 e. The zero-order valence-electron chi connectivity index (χ0n) is 11.0. The molecule has 0 heterocycles. The smallest absolute Gasteiger partial charge is 0.314 e. The summed E-state index contributed by atoms with van der Waals surface area (Å²) in [6.45, 7) is 6.79. The SMILES string of the molecule is CCC(CC)CNC(=O)NCC(CC)C(=O)O. The van der Waals surface area contributed by atoms with Crippen LogP contribution in [0.25, 0.3) is 0 Å². The lowest BCUT2D eigenvalue weighted by atomic mass is 10.0. The number of amides is 2. The molecule has 0 fully saturated rings. The number of nitrogens with one attached hydrogen (secondary N) is 2. The Morgan fingerprint density at radius 1 is 1.00 bits per heavy atom. The number of rotatable bonds is 8. The minimum atomic E-state index is -0.868. The van der Waals surface area contributed by atoms with Crippen molar-refractivity contribution in [2.45, 2.75) is 40.0 Å². The van der Waals surface area contributed by atoms with Crippen molar-refractivity contribution < 1.29 is 14.7 Å². The van der Waals surface area contributed by atoms with Gasteiger partial charge in [-0.05, 0) is 12.3 Å². The van der Waals surface area contributed by atoms with Crippen LogP contribution >= 0.6 is 0 Å². The second-order valence-corrected chi connectivity index (χ2v) is 4.22. The fourth-order valence-electron chi connectivity index (χ4n) is 1.50. The summed E-state index contributed by atoms with van der Waals surface area (Å²) in [6, 6.07) is -0.281. The van der Waals surface area contributed by atoms with Gasteiger partial charge in [0.2, 0.25) is 0 Å². The maximum absolute atomic E-state index is 11.4. The minimum Gasteiger partial charge on any atom is -0.481 e. The molecule has 0 spiro atoms. The maximum atomic E-state index is 11.4. The topological polar surface area (TPSA) is 78.4 Å². The molecule has 0 rings (SSSR count). The molecule has 0 aromatic heterocycles. The van der Waals surface area contributed by atoms with Crippen LogP contribution in [-0.2, 0) is 4.79 Å². The molecule has 0 saturated heterocycles. The predicted octanol–water partition coefficient (Wildman–Crippen LogP) is 1.83. The Labute approximate surface area is 103 Å². The van der Waals surface area contributed by atoms with Gasteiger partial charge in [0.05, 0.1) is 5.92 Å². The molecule has 17 heavy (non-hydrogen) atoms. The highest BCUT2D eigenvalue weighted by molar-refractivity contribution is 5.75. The van der Waals surface area contributed by atoms with Crippen LogP contribution in [0.3, 0.4) is 0 Å². The van der Waals surface area contributed by atoms with Crippen molar-refractivity contribution in [1.29, 1.82) is 0 Å². The van der Waals surface area contributed by atoms with Gasteiger partial charge in [0.1, 0.15) is 0 Å². The standard InChI is InChI=1S/C12H24N2O3/c1-4-9(5-2)7-13-12(17)14-8-10(6-3)11(15)16/h9-10H,4-8H2,1-3H3,(H,15,16)(H2,13,14,17). The van der Waals surface area contributed by atoms with Gasteiger partial charge < -0.3 is 15.7 Å². The van der Waals surface area contributed by atoms with E-state index in [-0.39, 0.29) is 12.6 Å². The molecule has 5 heteroatoms. The molecule has 0 aliphatic heterocycles. The molecule has 100 valence electrons. The first-order chi connectivity index (χ1) is 8.04. The summed E-state index contributed by atoms with van der Waals surface area (Å²) in [5, 5.41) is 14.2. The van der Waals surface area contributed by atoms with Gasteiger partial charge in [-0.3, -0.25) is 4.79 Å². The molecule has 1 atom stereocenters. The van der Waals surface area contributed by atoms with Crippen molar-refractivity contribution >= 4 is 12.0 Å². The Morgan fingerprint density at radius 3 is 1.94 bits per heavy atom. The van der Waals surface area contributed by atoms with Gasteiger partial charge in [0.15, 0.2) is 0 Å². The zero-order chi connectivity index (χ0) is 13.3.